The molecule has 2 aliphatic rings. The van der Waals surface area contributed by atoms with Gasteiger partial charge in [-0.15, -0.1) is 0 Å². The average molecular weight is 673 g/mol. The summed E-state index contributed by atoms with van der Waals surface area (Å²) in [6.07, 6.45) is 4.99. The Morgan fingerprint density at radius 2 is 1.53 bits per heavy atom. The zero-order valence-corrected chi connectivity index (χ0v) is 26.2. The predicted molar refractivity (Wildman–Crippen MR) is 142 cm³/mol. The Labute approximate surface area is 248 Å². The first-order valence-electron chi connectivity index (χ1n) is 13.7. The van der Waals surface area contributed by atoms with E-state index in [0.29, 0.717) is 13.0 Å². The van der Waals surface area contributed by atoms with Crippen LogP contribution in [0.2, 0.25) is 0 Å². The highest BCUT2D eigenvalue weighted by Crippen LogP contribution is 2.63. The summed E-state index contributed by atoms with van der Waals surface area (Å²) in [5.41, 5.74) is 8.44. The van der Waals surface area contributed by atoms with Gasteiger partial charge in [0.1, 0.15) is 6.10 Å². The normalized spacial score (nSPS) is 26.5. The molecule has 2 amide bonds. The summed E-state index contributed by atoms with van der Waals surface area (Å²) in [6, 6.07) is 0. The van der Waals surface area contributed by atoms with Crippen molar-refractivity contribution in [2.75, 3.05) is 19.8 Å². The third-order valence-corrected chi connectivity index (χ3v) is 10.7. The van der Waals surface area contributed by atoms with Crippen molar-refractivity contribution < 1.29 is 65.5 Å². The van der Waals surface area contributed by atoms with Gasteiger partial charge in [0.05, 0.1) is 31.3 Å². The van der Waals surface area contributed by atoms with E-state index >= 15 is 0 Å². The zero-order chi connectivity index (χ0) is 32.1. The lowest BCUT2D eigenvalue weighted by Crippen LogP contribution is -2.44. The number of phosphoric acid groups is 3. The number of amides is 2. The Bertz CT molecular complexity index is 1180. The van der Waals surface area contributed by atoms with Gasteiger partial charge in [0.2, 0.25) is 5.91 Å². The number of nitrogens with zero attached hydrogens (tertiary/aromatic N) is 3. The number of unbranched alkanes of at least 4 members (excludes halogenated alkanes) is 8. The summed E-state index contributed by atoms with van der Waals surface area (Å²) in [4.78, 5) is 62.1. The molecule has 246 valence electrons. The fourth-order valence-corrected chi connectivity index (χ4v) is 7.75. The predicted octanol–water partition coefficient (Wildman–Crippen LogP) is 2.02. The van der Waals surface area contributed by atoms with Gasteiger partial charge in [0, 0.05) is 23.5 Å². The maximum absolute atomic E-state index is 12.1. The lowest BCUT2D eigenvalue weighted by atomic mass is 9.93. The number of ether oxygens (including phenoxy) is 1. The van der Waals surface area contributed by atoms with Crippen LogP contribution < -0.4 is 20.0 Å². The Hall–Kier alpha value is -1.48. The van der Waals surface area contributed by atoms with Crippen molar-refractivity contribution >= 4 is 35.3 Å². The summed E-state index contributed by atoms with van der Waals surface area (Å²) in [5.74, 6) is -2.22. The molecular formula is C22H36N4O14P3-3. The molecule has 1 fully saturated rings. The van der Waals surface area contributed by atoms with Crippen LogP contribution in [0.5, 0.6) is 0 Å². The highest BCUT2D eigenvalue weighted by atomic mass is 31.3. The van der Waals surface area contributed by atoms with E-state index in [2.05, 4.69) is 33.0 Å². The number of carbonyl (C=O) groups excluding carboxylic acids is 2. The lowest BCUT2D eigenvalue weighted by Gasteiger charge is -2.34. The fourth-order valence-electron chi connectivity index (χ4n) is 4.35. The molecular weight excluding hydrogens is 637 g/mol. The van der Waals surface area contributed by atoms with Crippen molar-refractivity contribution in [3.05, 3.63) is 22.1 Å². The van der Waals surface area contributed by atoms with E-state index in [1.165, 1.54) is 13.0 Å². The molecule has 0 aromatic carbocycles. The number of rotatable bonds is 21. The maximum Gasteiger partial charge on any atom is 0.280 e. The average Bonchev–Trinajstić information content (AvgIpc) is 3.26. The molecule has 2 aliphatic heterocycles. The molecule has 43 heavy (non-hydrogen) atoms. The van der Waals surface area contributed by atoms with Crippen LogP contribution in [0.25, 0.3) is 10.4 Å². The van der Waals surface area contributed by atoms with E-state index in [-0.39, 0.29) is 18.4 Å². The number of nitrogens with one attached hydrogen (secondary N) is 1. The molecule has 18 nitrogen and oxygen atoms in total. The number of hydrogen-bond donors (Lipinski definition) is 2. The quantitative estimate of drug-likeness (QED) is 0.0440. The second-order valence-electron chi connectivity index (χ2n) is 9.98. The SMILES string of the molecule is CC1=CC([C@H]2C[C@@H](O)[C@@H](COP(=O)([O-])OP(=O)([O-])OP(=O)([O-])OCCCCCCCCCCCN=[N+]=[N-])O2)C(=O)NC1=O. The van der Waals surface area contributed by atoms with E-state index < -0.39 is 72.7 Å². The van der Waals surface area contributed by atoms with E-state index in [0.717, 1.165) is 44.9 Å². The number of imide groups is 1. The molecule has 0 aromatic heterocycles. The number of carbonyl (C=O) groups is 2. The highest BCUT2D eigenvalue weighted by molar-refractivity contribution is 7.65. The van der Waals surface area contributed by atoms with Crippen molar-refractivity contribution in [2.45, 2.75) is 89.4 Å². The van der Waals surface area contributed by atoms with Crippen LogP contribution in [-0.4, -0.2) is 55.0 Å². The Kier molecular flexibility index (Phi) is 15.7. The molecule has 7 atom stereocenters. The van der Waals surface area contributed by atoms with Crippen molar-refractivity contribution in [3.8, 4) is 0 Å². The van der Waals surface area contributed by atoms with Crippen LogP contribution in [-0.2, 0) is 45.7 Å². The first-order valence-corrected chi connectivity index (χ1v) is 18.1. The second-order valence-corrected chi connectivity index (χ2v) is 14.5. The van der Waals surface area contributed by atoms with Crippen LogP contribution in [0.4, 0.5) is 0 Å². The van der Waals surface area contributed by atoms with Gasteiger partial charge in [-0.25, -0.2) is 8.62 Å². The van der Waals surface area contributed by atoms with Gasteiger partial charge in [0.25, 0.3) is 29.4 Å². The van der Waals surface area contributed by atoms with Crippen LogP contribution >= 0.6 is 23.5 Å². The minimum atomic E-state index is -6.02. The molecule has 4 unspecified atom stereocenters. The van der Waals surface area contributed by atoms with E-state index in [4.69, 9.17) is 10.3 Å². The molecule has 2 rings (SSSR count). The smallest absolute Gasteiger partial charge is 0.280 e. The monoisotopic (exact) mass is 673 g/mol. The molecule has 0 radical (unpaired) electrons. The van der Waals surface area contributed by atoms with E-state index in [1.807, 2.05) is 0 Å². The molecule has 0 spiro atoms. The Balaban J connectivity index is 1.67. The molecule has 21 heteroatoms. The molecule has 2 heterocycles. The van der Waals surface area contributed by atoms with Gasteiger partial charge in [-0.2, -0.15) is 0 Å². The molecule has 0 aliphatic carbocycles. The van der Waals surface area contributed by atoms with Gasteiger partial charge in [-0.3, -0.25) is 28.6 Å². The van der Waals surface area contributed by atoms with Gasteiger partial charge in [-0.1, -0.05) is 56.1 Å². The van der Waals surface area contributed by atoms with Crippen LogP contribution in [0, 0.1) is 5.92 Å². The fraction of sp³-hybridized carbons (Fsp3) is 0.818. The van der Waals surface area contributed by atoms with Crippen molar-refractivity contribution in [1.82, 2.24) is 5.32 Å². The van der Waals surface area contributed by atoms with Crippen molar-refractivity contribution in [2.24, 2.45) is 11.0 Å². The highest BCUT2D eigenvalue weighted by Gasteiger charge is 2.42. The molecule has 2 N–H and O–H groups in total. The lowest BCUT2D eigenvalue weighted by molar-refractivity contribution is -0.251. The van der Waals surface area contributed by atoms with Gasteiger partial charge < -0.3 is 33.6 Å². The summed E-state index contributed by atoms with van der Waals surface area (Å²) < 4.78 is 57.8. The van der Waals surface area contributed by atoms with Gasteiger partial charge in [-0.05, 0) is 25.3 Å². The summed E-state index contributed by atoms with van der Waals surface area (Å²) in [6.45, 7) is 0.616. The Morgan fingerprint density at radius 1 is 0.977 bits per heavy atom. The summed E-state index contributed by atoms with van der Waals surface area (Å²) in [5, 5.41) is 15.8. The third kappa shape index (κ3) is 14.4. The second kappa shape index (κ2) is 17.9. The Morgan fingerprint density at radius 3 is 2.14 bits per heavy atom. The number of aliphatic hydroxyl groups is 1. The topological polar surface area (TPSA) is 282 Å². The summed E-state index contributed by atoms with van der Waals surface area (Å²) in [7, 11) is -17.3. The van der Waals surface area contributed by atoms with E-state index in [9.17, 15) is 43.1 Å². The van der Waals surface area contributed by atoms with Crippen LogP contribution in [0.15, 0.2) is 16.8 Å². The van der Waals surface area contributed by atoms with Crippen LogP contribution in [0.1, 0.15) is 71.1 Å². The van der Waals surface area contributed by atoms with Crippen molar-refractivity contribution in [3.63, 3.8) is 0 Å². The number of hydrogen-bond acceptors (Lipinski definition) is 15. The summed E-state index contributed by atoms with van der Waals surface area (Å²) >= 11 is 0. The molecule has 0 bridgehead atoms. The number of azide groups is 1. The molecule has 0 aromatic rings. The third-order valence-electron chi connectivity index (χ3n) is 6.49. The first kappa shape index (κ1) is 37.7. The van der Waals surface area contributed by atoms with E-state index in [1.54, 1.807) is 0 Å². The molecule has 0 saturated carbocycles. The minimum Gasteiger partial charge on any atom is -0.756 e. The molecule has 1 saturated heterocycles. The van der Waals surface area contributed by atoms with Crippen LogP contribution in [0.3, 0.4) is 0 Å². The first-order chi connectivity index (χ1) is 20.1. The zero-order valence-electron chi connectivity index (χ0n) is 23.5. The number of aliphatic hydroxyl groups excluding tert-OH is 1. The minimum absolute atomic E-state index is 0.130. The largest absolute Gasteiger partial charge is 0.756 e. The standard InChI is InChI=1S/C22H39N4O14P3/c1-16-13-17(22(29)25-21(16)28)19-14-18(27)20(38-19)15-37-42(32,33)40-43(34,35)39-41(30,31)36-12-10-8-6-4-2-3-5-7-9-11-24-26-23/h13,17-20,27H,2-12,14-15H2,1H3,(H,30,31)(H,32,33)(H,34,35)(H,25,28,29)/p-3/t17?,18-,19-,20-/m1/s1. The van der Waals surface area contributed by atoms with Crippen molar-refractivity contribution in [1.29, 1.82) is 0 Å². The number of phosphoric ester groups is 2. The van der Waals surface area contributed by atoms with Gasteiger partial charge in [0.15, 0.2) is 0 Å². The maximum atomic E-state index is 12.1. The van der Waals surface area contributed by atoms with Gasteiger partial charge >= 0.3 is 0 Å².